The smallest absolute Gasteiger partial charge is 0.243 e. The van der Waals surface area contributed by atoms with Gasteiger partial charge in [0.15, 0.2) is 0 Å². The molecular weight excluding hydrogens is 566 g/mol. The van der Waals surface area contributed by atoms with Gasteiger partial charge in [0.1, 0.15) is 5.75 Å². The molecule has 4 rings (SSSR count). The van der Waals surface area contributed by atoms with E-state index in [0.717, 1.165) is 5.56 Å². The molecular formula is C29H35N3O7S2. The summed E-state index contributed by atoms with van der Waals surface area (Å²) in [7, 11) is -6.10. The first-order valence-electron chi connectivity index (χ1n) is 13.2. The van der Waals surface area contributed by atoms with Gasteiger partial charge in [-0.2, -0.15) is 8.61 Å². The summed E-state index contributed by atoms with van der Waals surface area (Å²) in [6, 6.07) is 20.4. The maximum atomic E-state index is 13.6. The van der Waals surface area contributed by atoms with Crippen molar-refractivity contribution in [2.24, 2.45) is 0 Å². The summed E-state index contributed by atoms with van der Waals surface area (Å²) in [6.45, 7) is 2.95. The number of carbonyl (C=O) groups excluding carboxylic acids is 1. The standard InChI is InChI=1S/C29H35N3O7S2/c1-23-20-27(12-13-28(23)38-2)41(36,37)32(15-14-24-6-4-3-5-7-24)22-29(33)30-21-25-8-10-26(11-9-25)40(34,35)31-16-18-39-19-17-31/h3-13,20H,14-19,21-22H2,1-2H3,(H,30,33). The lowest BCUT2D eigenvalue weighted by molar-refractivity contribution is -0.121. The van der Waals surface area contributed by atoms with Gasteiger partial charge in [-0.05, 0) is 60.4 Å². The number of morpholine rings is 1. The molecule has 10 nitrogen and oxygen atoms in total. The Hall–Kier alpha value is -3.29. The molecule has 0 radical (unpaired) electrons. The minimum absolute atomic E-state index is 0.0775. The zero-order valence-electron chi connectivity index (χ0n) is 23.2. The maximum absolute atomic E-state index is 13.6. The molecule has 1 saturated heterocycles. The number of aryl methyl sites for hydroxylation is 1. The summed E-state index contributed by atoms with van der Waals surface area (Å²) in [6.07, 6.45) is 0.432. The Morgan fingerprint density at radius 1 is 0.927 bits per heavy atom. The van der Waals surface area contributed by atoms with Crippen molar-refractivity contribution in [1.29, 1.82) is 0 Å². The molecule has 1 fully saturated rings. The van der Waals surface area contributed by atoms with E-state index in [4.69, 9.17) is 9.47 Å². The maximum Gasteiger partial charge on any atom is 0.243 e. The van der Waals surface area contributed by atoms with Crippen LogP contribution in [0.5, 0.6) is 5.75 Å². The first kappa shape index (κ1) is 30.7. The number of methoxy groups -OCH3 is 1. The van der Waals surface area contributed by atoms with Gasteiger partial charge in [0.05, 0.1) is 36.7 Å². The number of nitrogens with one attached hydrogen (secondary N) is 1. The van der Waals surface area contributed by atoms with E-state index in [1.807, 2.05) is 30.3 Å². The van der Waals surface area contributed by atoms with E-state index in [2.05, 4.69) is 5.32 Å². The van der Waals surface area contributed by atoms with Crippen LogP contribution in [0.15, 0.2) is 82.6 Å². The highest BCUT2D eigenvalue weighted by molar-refractivity contribution is 7.89. The van der Waals surface area contributed by atoms with Crippen LogP contribution in [-0.2, 0) is 42.5 Å². The second-order valence-corrected chi connectivity index (χ2v) is 13.5. The van der Waals surface area contributed by atoms with Crippen LogP contribution in [0.25, 0.3) is 0 Å². The van der Waals surface area contributed by atoms with Gasteiger partial charge in [0.25, 0.3) is 0 Å². The predicted molar refractivity (Wildman–Crippen MR) is 155 cm³/mol. The largest absolute Gasteiger partial charge is 0.496 e. The van der Waals surface area contributed by atoms with Crippen molar-refractivity contribution in [2.75, 3.05) is 46.5 Å². The lowest BCUT2D eigenvalue weighted by Gasteiger charge is -2.26. The Labute approximate surface area is 242 Å². The monoisotopic (exact) mass is 601 g/mol. The highest BCUT2D eigenvalue weighted by atomic mass is 32.2. The van der Waals surface area contributed by atoms with Crippen LogP contribution in [-0.4, -0.2) is 77.9 Å². The molecule has 0 aromatic heterocycles. The molecule has 0 unspecified atom stereocenters. The van der Waals surface area contributed by atoms with Gasteiger partial charge >= 0.3 is 0 Å². The van der Waals surface area contributed by atoms with Crippen molar-refractivity contribution in [3.8, 4) is 5.75 Å². The summed E-state index contributed by atoms with van der Waals surface area (Å²) in [5, 5.41) is 2.76. The van der Waals surface area contributed by atoms with Crippen LogP contribution >= 0.6 is 0 Å². The van der Waals surface area contributed by atoms with Crippen LogP contribution in [0.1, 0.15) is 16.7 Å². The van der Waals surface area contributed by atoms with Crippen molar-refractivity contribution in [3.63, 3.8) is 0 Å². The number of hydrogen-bond acceptors (Lipinski definition) is 7. The molecule has 12 heteroatoms. The van der Waals surface area contributed by atoms with Gasteiger partial charge in [-0.1, -0.05) is 42.5 Å². The average molecular weight is 602 g/mol. The Bertz CT molecular complexity index is 1540. The van der Waals surface area contributed by atoms with E-state index in [-0.39, 0.29) is 29.4 Å². The number of carbonyl (C=O) groups is 1. The summed E-state index contributed by atoms with van der Waals surface area (Å²) >= 11 is 0. The molecule has 1 aliphatic rings. The highest BCUT2D eigenvalue weighted by Crippen LogP contribution is 2.24. The zero-order valence-corrected chi connectivity index (χ0v) is 24.8. The Morgan fingerprint density at radius 2 is 1.59 bits per heavy atom. The predicted octanol–water partition coefficient (Wildman–Crippen LogP) is 2.57. The van der Waals surface area contributed by atoms with Gasteiger partial charge in [-0.3, -0.25) is 4.79 Å². The number of rotatable bonds is 12. The lowest BCUT2D eigenvalue weighted by atomic mass is 10.1. The third kappa shape index (κ3) is 7.72. The molecule has 0 aliphatic carbocycles. The summed E-state index contributed by atoms with van der Waals surface area (Å²) < 4.78 is 66.0. The normalized spacial score (nSPS) is 14.6. The summed E-state index contributed by atoms with van der Waals surface area (Å²) in [4.78, 5) is 13.2. The van der Waals surface area contributed by atoms with Crippen LogP contribution in [0, 0.1) is 6.92 Å². The first-order chi connectivity index (χ1) is 19.6. The molecule has 3 aromatic carbocycles. The number of ether oxygens (including phenoxy) is 2. The van der Waals surface area contributed by atoms with Gasteiger partial charge in [0, 0.05) is 26.2 Å². The van der Waals surface area contributed by atoms with Crippen LogP contribution in [0.4, 0.5) is 0 Å². The zero-order chi connectivity index (χ0) is 29.5. The molecule has 1 heterocycles. The van der Waals surface area contributed by atoms with Gasteiger partial charge < -0.3 is 14.8 Å². The number of benzene rings is 3. The Balaban J connectivity index is 1.44. The van der Waals surface area contributed by atoms with Crippen LogP contribution < -0.4 is 10.1 Å². The first-order valence-corrected chi connectivity index (χ1v) is 16.1. The molecule has 0 atom stereocenters. The second-order valence-electron chi connectivity index (χ2n) is 9.64. The Morgan fingerprint density at radius 3 is 2.22 bits per heavy atom. The van der Waals surface area contributed by atoms with E-state index in [0.29, 0.717) is 49.6 Å². The fraction of sp³-hybridized carbons (Fsp3) is 0.345. The second kappa shape index (κ2) is 13.6. The molecule has 0 bridgehead atoms. The molecule has 0 spiro atoms. The van der Waals surface area contributed by atoms with Crippen LogP contribution in [0.2, 0.25) is 0 Å². The van der Waals surface area contributed by atoms with Crippen molar-refractivity contribution < 1.29 is 31.1 Å². The average Bonchev–Trinajstić information content (AvgIpc) is 2.99. The highest BCUT2D eigenvalue weighted by Gasteiger charge is 2.28. The van der Waals surface area contributed by atoms with E-state index >= 15 is 0 Å². The topological polar surface area (TPSA) is 122 Å². The van der Waals surface area contributed by atoms with Crippen molar-refractivity contribution in [3.05, 3.63) is 89.5 Å². The fourth-order valence-electron chi connectivity index (χ4n) is 4.48. The van der Waals surface area contributed by atoms with Crippen molar-refractivity contribution >= 4 is 26.0 Å². The number of amides is 1. The van der Waals surface area contributed by atoms with E-state index in [1.54, 1.807) is 25.1 Å². The van der Waals surface area contributed by atoms with Gasteiger partial charge in [0.2, 0.25) is 26.0 Å². The van der Waals surface area contributed by atoms with Gasteiger partial charge in [-0.15, -0.1) is 0 Å². The van der Waals surface area contributed by atoms with E-state index in [9.17, 15) is 21.6 Å². The lowest BCUT2D eigenvalue weighted by Crippen LogP contribution is -2.41. The molecule has 0 saturated carbocycles. The Kier molecular flexibility index (Phi) is 10.2. The molecule has 41 heavy (non-hydrogen) atoms. The molecule has 220 valence electrons. The van der Waals surface area contributed by atoms with Crippen molar-refractivity contribution in [2.45, 2.75) is 29.7 Å². The minimum atomic E-state index is -3.99. The third-order valence-corrected chi connectivity index (χ3v) is 10.6. The molecule has 1 aliphatic heterocycles. The van der Waals surface area contributed by atoms with Crippen molar-refractivity contribution in [1.82, 2.24) is 13.9 Å². The fourth-order valence-corrected chi connectivity index (χ4v) is 7.37. The number of sulfonamides is 2. The quantitative estimate of drug-likeness (QED) is 0.339. The summed E-state index contributed by atoms with van der Waals surface area (Å²) in [5.74, 6) is 0.0955. The van der Waals surface area contributed by atoms with Gasteiger partial charge in [-0.25, -0.2) is 16.8 Å². The molecule has 3 aromatic rings. The van der Waals surface area contributed by atoms with Crippen LogP contribution in [0.3, 0.4) is 0 Å². The third-order valence-electron chi connectivity index (χ3n) is 6.84. The number of hydrogen-bond donors (Lipinski definition) is 1. The molecule has 1 amide bonds. The van der Waals surface area contributed by atoms with E-state index < -0.39 is 26.0 Å². The summed E-state index contributed by atoms with van der Waals surface area (Å²) in [5.41, 5.74) is 2.30. The molecule has 1 N–H and O–H groups in total. The van der Waals surface area contributed by atoms with E-state index in [1.165, 1.54) is 40.0 Å². The SMILES string of the molecule is COc1ccc(S(=O)(=O)N(CCc2ccccc2)CC(=O)NCc2ccc(S(=O)(=O)N3CCOCC3)cc2)cc1C. The number of nitrogens with zero attached hydrogens (tertiary/aromatic N) is 2. The minimum Gasteiger partial charge on any atom is -0.496 e.